The number of rotatable bonds is 6. The van der Waals surface area contributed by atoms with Gasteiger partial charge in [0.1, 0.15) is 6.29 Å². The van der Waals surface area contributed by atoms with Crippen LogP contribution in [0.1, 0.15) is 27.2 Å². The Bertz CT molecular complexity index is 216. The highest BCUT2D eigenvalue weighted by atomic mass is 16.3. The molecule has 0 saturated heterocycles. The standard InChI is InChI=1S/C9H16N2O3/c1-4-7(11-14)9(13)10-8(5-12)6(2)3/h5-8H,4H2,1-3H3,(H,10,13)/t7-,8+/m0/s1. The molecule has 5 nitrogen and oxygen atoms in total. The van der Waals surface area contributed by atoms with Crippen LogP contribution in [-0.2, 0) is 9.59 Å². The van der Waals surface area contributed by atoms with Crippen LogP contribution in [0.25, 0.3) is 0 Å². The van der Waals surface area contributed by atoms with Crippen molar-refractivity contribution < 1.29 is 9.59 Å². The van der Waals surface area contributed by atoms with Crippen molar-refractivity contribution in [2.45, 2.75) is 39.3 Å². The SMILES string of the molecule is CC[C@H](N=O)C(=O)N[C@H](C=O)C(C)C. The first-order valence-electron chi connectivity index (χ1n) is 4.64. The topological polar surface area (TPSA) is 75.6 Å². The molecule has 0 aliphatic rings. The Labute approximate surface area is 83.2 Å². The fourth-order valence-corrected chi connectivity index (χ4v) is 0.926. The lowest BCUT2D eigenvalue weighted by atomic mass is 10.1. The zero-order valence-electron chi connectivity index (χ0n) is 8.69. The molecule has 0 rings (SSSR count). The van der Waals surface area contributed by atoms with Gasteiger partial charge in [0.15, 0.2) is 6.04 Å². The molecule has 0 aromatic carbocycles. The van der Waals surface area contributed by atoms with Crippen LogP contribution < -0.4 is 5.32 Å². The second-order valence-corrected chi connectivity index (χ2v) is 3.44. The second-order valence-electron chi connectivity index (χ2n) is 3.44. The Balaban J connectivity index is 4.27. The molecule has 0 aromatic rings. The first-order chi connectivity index (χ1) is 6.56. The number of nitrogens with zero attached hydrogens (tertiary/aromatic N) is 1. The summed E-state index contributed by atoms with van der Waals surface area (Å²) < 4.78 is 0. The largest absolute Gasteiger partial charge is 0.344 e. The summed E-state index contributed by atoms with van der Waals surface area (Å²) in [6.45, 7) is 5.32. The molecule has 0 radical (unpaired) electrons. The Kier molecular flexibility index (Phi) is 5.67. The van der Waals surface area contributed by atoms with Crippen LogP contribution in [0.2, 0.25) is 0 Å². The van der Waals surface area contributed by atoms with E-state index in [0.29, 0.717) is 12.7 Å². The van der Waals surface area contributed by atoms with Gasteiger partial charge in [-0.05, 0) is 12.3 Å². The van der Waals surface area contributed by atoms with Gasteiger partial charge in [0, 0.05) is 0 Å². The van der Waals surface area contributed by atoms with Gasteiger partial charge in [0.05, 0.1) is 6.04 Å². The average molecular weight is 200 g/mol. The Morgan fingerprint density at radius 3 is 2.36 bits per heavy atom. The summed E-state index contributed by atoms with van der Waals surface area (Å²) in [4.78, 5) is 32.1. The number of nitrogens with one attached hydrogen (secondary N) is 1. The van der Waals surface area contributed by atoms with E-state index >= 15 is 0 Å². The van der Waals surface area contributed by atoms with Gasteiger partial charge in [-0.25, -0.2) is 0 Å². The first-order valence-corrected chi connectivity index (χ1v) is 4.64. The maximum Gasteiger partial charge on any atom is 0.249 e. The van der Waals surface area contributed by atoms with Crippen molar-refractivity contribution in [3.05, 3.63) is 4.91 Å². The maximum atomic E-state index is 11.3. The molecule has 0 aliphatic heterocycles. The Morgan fingerprint density at radius 1 is 1.50 bits per heavy atom. The minimum Gasteiger partial charge on any atom is -0.344 e. The average Bonchev–Trinajstić information content (AvgIpc) is 2.15. The zero-order valence-corrected chi connectivity index (χ0v) is 8.69. The van der Waals surface area contributed by atoms with Gasteiger partial charge in [-0.2, -0.15) is 0 Å². The van der Waals surface area contributed by atoms with Gasteiger partial charge in [-0.15, -0.1) is 4.91 Å². The van der Waals surface area contributed by atoms with E-state index in [1.165, 1.54) is 0 Å². The van der Waals surface area contributed by atoms with E-state index in [0.717, 1.165) is 0 Å². The van der Waals surface area contributed by atoms with Crippen LogP contribution in [0.15, 0.2) is 5.18 Å². The molecule has 0 aliphatic carbocycles. The molecule has 0 saturated carbocycles. The van der Waals surface area contributed by atoms with Crippen LogP contribution in [-0.4, -0.2) is 24.3 Å². The summed E-state index contributed by atoms with van der Waals surface area (Å²) in [5.74, 6) is -0.464. The second kappa shape index (κ2) is 6.23. The van der Waals surface area contributed by atoms with E-state index in [-0.39, 0.29) is 5.92 Å². The van der Waals surface area contributed by atoms with Gasteiger partial charge in [-0.1, -0.05) is 25.9 Å². The minimum absolute atomic E-state index is 0.0145. The lowest BCUT2D eigenvalue weighted by Gasteiger charge is -2.17. The fourth-order valence-electron chi connectivity index (χ4n) is 0.926. The molecule has 0 fully saturated rings. The predicted octanol–water partition coefficient (Wildman–Crippen LogP) is 0.871. The molecule has 1 N–H and O–H groups in total. The highest BCUT2D eigenvalue weighted by molar-refractivity contribution is 5.84. The lowest BCUT2D eigenvalue weighted by Crippen LogP contribution is -2.44. The van der Waals surface area contributed by atoms with Crippen LogP contribution in [0.3, 0.4) is 0 Å². The third-order valence-electron chi connectivity index (χ3n) is 1.99. The molecule has 0 aromatic heterocycles. The summed E-state index contributed by atoms with van der Waals surface area (Å²) in [5.41, 5.74) is 0. The molecular weight excluding hydrogens is 184 g/mol. The molecule has 2 atom stereocenters. The molecular formula is C9H16N2O3. The summed E-state index contributed by atoms with van der Waals surface area (Å²) in [6, 6.07) is -1.44. The van der Waals surface area contributed by atoms with Crippen molar-refractivity contribution in [1.29, 1.82) is 0 Å². The number of aldehydes is 1. The smallest absolute Gasteiger partial charge is 0.249 e. The number of nitroso groups, excluding NO2 is 1. The van der Waals surface area contributed by atoms with Crippen LogP contribution in [0.5, 0.6) is 0 Å². The monoisotopic (exact) mass is 200 g/mol. The zero-order chi connectivity index (χ0) is 11.1. The third-order valence-corrected chi connectivity index (χ3v) is 1.99. The van der Waals surface area contributed by atoms with E-state index in [9.17, 15) is 14.5 Å². The number of carbonyl (C=O) groups is 2. The maximum absolute atomic E-state index is 11.3. The van der Waals surface area contributed by atoms with Gasteiger partial charge in [0.25, 0.3) is 0 Å². The summed E-state index contributed by atoms with van der Waals surface area (Å²) >= 11 is 0. The molecule has 5 heteroatoms. The van der Waals surface area contributed by atoms with Crippen molar-refractivity contribution in [2.24, 2.45) is 11.1 Å². The normalized spacial score (nSPS) is 14.6. The molecule has 0 bridgehead atoms. The van der Waals surface area contributed by atoms with E-state index < -0.39 is 18.0 Å². The summed E-state index contributed by atoms with van der Waals surface area (Å²) in [7, 11) is 0. The highest BCUT2D eigenvalue weighted by Gasteiger charge is 2.21. The Hall–Kier alpha value is -1.26. The number of hydrogen-bond donors (Lipinski definition) is 1. The molecule has 0 spiro atoms. The van der Waals surface area contributed by atoms with Crippen molar-refractivity contribution >= 4 is 12.2 Å². The number of amides is 1. The molecule has 14 heavy (non-hydrogen) atoms. The van der Waals surface area contributed by atoms with Gasteiger partial charge in [0.2, 0.25) is 5.91 Å². The lowest BCUT2D eigenvalue weighted by molar-refractivity contribution is -0.125. The van der Waals surface area contributed by atoms with Gasteiger partial charge < -0.3 is 10.1 Å². The van der Waals surface area contributed by atoms with Crippen molar-refractivity contribution in [3.8, 4) is 0 Å². The van der Waals surface area contributed by atoms with Crippen molar-refractivity contribution in [3.63, 3.8) is 0 Å². The molecule has 80 valence electrons. The predicted molar refractivity (Wildman–Crippen MR) is 52.7 cm³/mol. The number of carbonyl (C=O) groups excluding carboxylic acids is 2. The molecule has 0 unspecified atom stereocenters. The minimum atomic E-state index is -0.892. The fraction of sp³-hybridized carbons (Fsp3) is 0.778. The third kappa shape index (κ3) is 3.64. The summed E-state index contributed by atoms with van der Waals surface area (Å²) in [6.07, 6.45) is 1.01. The van der Waals surface area contributed by atoms with Gasteiger partial charge in [-0.3, -0.25) is 4.79 Å². The summed E-state index contributed by atoms with van der Waals surface area (Å²) in [5, 5.41) is 5.14. The number of hydrogen-bond acceptors (Lipinski definition) is 4. The van der Waals surface area contributed by atoms with E-state index in [4.69, 9.17) is 0 Å². The van der Waals surface area contributed by atoms with Gasteiger partial charge >= 0.3 is 0 Å². The van der Waals surface area contributed by atoms with Crippen molar-refractivity contribution in [2.75, 3.05) is 0 Å². The highest BCUT2D eigenvalue weighted by Crippen LogP contribution is 2.02. The first kappa shape index (κ1) is 12.7. The molecule has 0 heterocycles. The molecule has 1 amide bonds. The van der Waals surface area contributed by atoms with Crippen LogP contribution >= 0.6 is 0 Å². The van der Waals surface area contributed by atoms with E-state index in [1.807, 2.05) is 13.8 Å². The van der Waals surface area contributed by atoms with E-state index in [2.05, 4.69) is 10.5 Å². The van der Waals surface area contributed by atoms with Crippen LogP contribution in [0, 0.1) is 10.8 Å². The Morgan fingerprint density at radius 2 is 2.07 bits per heavy atom. The quantitative estimate of drug-likeness (QED) is 0.510. The van der Waals surface area contributed by atoms with E-state index in [1.54, 1.807) is 6.92 Å². The van der Waals surface area contributed by atoms with Crippen LogP contribution in [0.4, 0.5) is 0 Å². The van der Waals surface area contributed by atoms with Crippen molar-refractivity contribution in [1.82, 2.24) is 5.32 Å².